The van der Waals surface area contributed by atoms with E-state index in [9.17, 15) is 13.6 Å². The molecule has 0 bridgehead atoms. The van der Waals surface area contributed by atoms with Crippen molar-refractivity contribution in [3.05, 3.63) is 64.3 Å². The van der Waals surface area contributed by atoms with Crippen molar-refractivity contribution in [2.75, 3.05) is 5.32 Å². The third-order valence-electron chi connectivity index (χ3n) is 3.16. The zero-order valence-corrected chi connectivity index (χ0v) is 14.1. The molecular weight excluding hydrogens is 352 g/mol. The number of benzene rings is 1. The van der Waals surface area contributed by atoms with Crippen LogP contribution in [0.15, 0.2) is 52.7 Å². The number of nitrogens with one attached hydrogen (secondary N) is 1. The van der Waals surface area contributed by atoms with E-state index < -0.39 is 11.6 Å². The van der Waals surface area contributed by atoms with Crippen LogP contribution in [-0.4, -0.2) is 6.29 Å². The van der Waals surface area contributed by atoms with E-state index >= 15 is 0 Å². The largest absolute Gasteiger partial charge is 0.351 e. The lowest BCUT2D eigenvalue weighted by Crippen LogP contribution is -2.01. The average Bonchev–Trinajstić information content (AvgIpc) is 2.50. The van der Waals surface area contributed by atoms with E-state index in [0.29, 0.717) is 5.57 Å². The zero-order chi connectivity index (χ0) is 16.7. The molecule has 0 radical (unpaired) electrons. The molecule has 0 aliphatic carbocycles. The lowest BCUT2D eigenvalue weighted by molar-refractivity contribution is -0.104. The molecule has 0 spiro atoms. The van der Waals surface area contributed by atoms with Gasteiger partial charge >= 0.3 is 0 Å². The molecule has 0 saturated heterocycles. The van der Waals surface area contributed by atoms with Crippen LogP contribution in [0, 0.1) is 17.6 Å². The predicted octanol–water partition coefficient (Wildman–Crippen LogP) is 5.34. The van der Waals surface area contributed by atoms with Gasteiger partial charge in [-0.1, -0.05) is 42.4 Å². The van der Waals surface area contributed by atoms with Gasteiger partial charge in [-0.05, 0) is 36.6 Å². The van der Waals surface area contributed by atoms with Crippen molar-refractivity contribution in [3.8, 4) is 0 Å². The van der Waals surface area contributed by atoms with Gasteiger partial charge in [-0.25, -0.2) is 8.78 Å². The normalized spacial score (nSPS) is 13.7. The quantitative estimate of drug-likeness (QED) is 0.399. The molecule has 0 aliphatic rings. The highest BCUT2D eigenvalue weighted by molar-refractivity contribution is 9.11. The summed E-state index contributed by atoms with van der Waals surface area (Å²) in [5.41, 5.74) is 0.467. The van der Waals surface area contributed by atoms with Gasteiger partial charge in [-0.15, -0.1) is 0 Å². The molecule has 0 fully saturated rings. The number of carbonyl (C=O) groups excluding carboxylic acids is 1. The van der Waals surface area contributed by atoms with Gasteiger partial charge < -0.3 is 5.32 Å². The summed E-state index contributed by atoms with van der Waals surface area (Å²) >= 11 is 3.40. The fraction of sp³-hybridized carbons (Fsp3) is 0.235. The Balaban J connectivity index is 2.90. The van der Waals surface area contributed by atoms with Gasteiger partial charge in [0.1, 0.15) is 17.3 Å². The highest BCUT2D eigenvalue weighted by Gasteiger charge is 2.09. The Morgan fingerprint density at radius 3 is 2.45 bits per heavy atom. The molecule has 2 nitrogen and oxygen atoms in total. The Kier molecular flexibility index (Phi) is 7.18. The lowest BCUT2D eigenvalue weighted by Gasteiger charge is -2.10. The number of para-hydroxylation sites is 1. The summed E-state index contributed by atoms with van der Waals surface area (Å²) in [6.45, 7) is 7.68. The van der Waals surface area contributed by atoms with Crippen molar-refractivity contribution in [2.24, 2.45) is 5.92 Å². The number of hydrogen-bond acceptors (Lipinski definition) is 2. The van der Waals surface area contributed by atoms with E-state index in [1.165, 1.54) is 12.1 Å². The van der Waals surface area contributed by atoms with Gasteiger partial charge in [0.2, 0.25) is 0 Å². The molecule has 0 aromatic heterocycles. The van der Waals surface area contributed by atoms with E-state index in [4.69, 9.17) is 0 Å². The van der Waals surface area contributed by atoms with Crippen molar-refractivity contribution < 1.29 is 13.6 Å². The van der Waals surface area contributed by atoms with Crippen LogP contribution in [0.2, 0.25) is 0 Å². The first-order valence-electron chi connectivity index (χ1n) is 6.83. The molecule has 0 heterocycles. The number of halogens is 3. The van der Waals surface area contributed by atoms with E-state index in [1.807, 2.05) is 13.8 Å². The molecule has 0 amide bonds. The van der Waals surface area contributed by atoms with Crippen LogP contribution in [0.5, 0.6) is 0 Å². The number of allylic oxidation sites excluding steroid dienone is 4. The second-order valence-corrected chi connectivity index (χ2v) is 5.66. The van der Waals surface area contributed by atoms with E-state index in [-0.39, 0.29) is 17.3 Å². The summed E-state index contributed by atoms with van der Waals surface area (Å²) in [6.07, 6.45) is 4.66. The molecule has 1 aromatic carbocycles. The SMILES string of the molecule is C=C(/C=C\C(C=O)=C(\Br)C(C)CC)Nc1c(F)cccc1F. The minimum Gasteiger partial charge on any atom is -0.351 e. The van der Waals surface area contributed by atoms with Gasteiger partial charge in [0.15, 0.2) is 6.29 Å². The standard InChI is InChI=1S/C17H18BrF2NO/c1-4-11(2)16(18)13(10-22)9-8-12(3)21-17-14(19)6-5-7-15(17)20/h5-11,21H,3-4H2,1-2H3/b9-8-,16-13-. The maximum absolute atomic E-state index is 13.5. The Morgan fingerprint density at radius 2 is 1.95 bits per heavy atom. The average molecular weight is 370 g/mol. The number of hydrogen-bond donors (Lipinski definition) is 1. The van der Waals surface area contributed by atoms with Crippen molar-refractivity contribution >= 4 is 27.9 Å². The predicted molar refractivity (Wildman–Crippen MR) is 89.7 cm³/mol. The molecule has 0 saturated carbocycles. The summed E-state index contributed by atoms with van der Waals surface area (Å²) in [6, 6.07) is 3.59. The Bertz CT molecular complexity index is 603. The van der Waals surface area contributed by atoms with Gasteiger partial charge in [0.05, 0.1) is 0 Å². The Morgan fingerprint density at radius 1 is 1.36 bits per heavy atom. The van der Waals surface area contributed by atoms with E-state index in [0.717, 1.165) is 29.3 Å². The van der Waals surface area contributed by atoms with Crippen LogP contribution in [0.3, 0.4) is 0 Å². The summed E-state index contributed by atoms with van der Waals surface area (Å²) in [7, 11) is 0. The Hall–Kier alpha value is -1.75. The van der Waals surface area contributed by atoms with Crippen molar-refractivity contribution in [3.63, 3.8) is 0 Å². The third-order valence-corrected chi connectivity index (χ3v) is 4.40. The molecule has 22 heavy (non-hydrogen) atoms. The zero-order valence-electron chi connectivity index (χ0n) is 12.5. The smallest absolute Gasteiger partial charge is 0.150 e. The van der Waals surface area contributed by atoms with Crippen LogP contribution in [-0.2, 0) is 4.79 Å². The number of aldehydes is 1. The van der Waals surface area contributed by atoms with Crippen LogP contribution >= 0.6 is 15.9 Å². The molecule has 5 heteroatoms. The van der Waals surface area contributed by atoms with Crippen LogP contribution < -0.4 is 5.32 Å². The van der Waals surface area contributed by atoms with Crippen LogP contribution in [0.4, 0.5) is 14.5 Å². The van der Waals surface area contributed by atoms with Gasteiger partial charge in [0.25, 0.3) is 0 Å². The van der Waals surface area contributed by atoms with Gasteiger partial charge in [0, 0.05) is 15.8 Å². The lowest BCUT2D eigenvalue weighted by atomic mass is 10.1. The molecule has 1 N–H and O–H groups in total. The first-order valence-corrected chi connectivity index (χ1v) is 7.62. The fourth-order valence-electron chi connectivity index (χ4n) is 1.65. The minimum atomic E-state index is -0.707. The highest BCUT2D eigenvalue weighted by Crippen LogP contribution is 2.25. The van der Waals surface area contributed by atoms with Crippen molar-refractivity contribution in [1.82, 2.24) is 0 Å². The fourth-order valence-corrected chi connectivity index (χ4v) is 2.20. The maximum Gasteiger partial charge on any atom is 0.150 e. The molecule has 1 aromatic rings. The molecule has 1 unspecified atom stereocenters. The van der Waals surface area contributed by atoms with E-state index in [1.54, 1.807) is 6.08 Å². The van der Waals surface area contributed by atoms with Gasteiger partial charge in [-0.2, -0.15) is 0 Å². The first kappa shape index (κ1) is 18.3. The second-order valence-electron chi connectivity index (χ2n) is 4.81. The molecule has 1 atom stereocenters. The summed E-state index contributed by atoms with van der Waals surface area (Å²) < 4.78 is 27.8. The summed E-state index contributed by atoms with van der Waals surface area (Å²) in [4.78, 5) is 11.1. The van der Waals surface area contributed by atoms with Crippen molar-refractivity contribution in [1.29, 1.82) is 0 Å². The van der Waals surface area contributed by atoms with Gasteiger partial charge in [-0.3, -0.25) is 4.79 Å². The first-order chi connectivity index (χ1) is 10.4. The summed E-state index contributed by atoms with van der Waals surface area (Å²) in [5, 5.41) is 2.55. The van der Waals surface area contributed by atoms with E-state index in [2.05, 4.69) is 27.8 Å². The number of anilines is 1. The second kappa shape index (κ2) is 8.63. The minimum absolute atomic E-state index is 0.204. The molecule has 0 aliphatic heterocycles. The third kappa shape index (κ3) is 4.91. The molecule has 1 rings (SSSR count). The number of carbonyl (C=O) groups is 1. The molecule has 118 valence electrons. The highest BCUT2D eigenvalue weighted by atomic mass is 79.9. The number of rotatable bonds is 7. The Labute approximate surface area is 137 Å². The maximum atomic E-state index is 13.5. The van der Waals surface area contributed by atoms with Crippen LogP contribution in [0.1, 0.15) is 20.3 Å². The summed E-state index contributed by atoms with van der Waals surface area (Å²) in [5.74, 6) is -1.21. The van der Waals surface area contributed by atoms with Crippen molar-refractivity contribution in [2.45, 2.75) is 20.3 Å². The topological polar surface area (TPSA) is 29.1 Å². The monoisotopic (exact) mass is 369 g/mol. The molecular formula is C17H18BrF2NO. The van der Waals surface area contributed by atoms with Crippen LogP contribution in [0.25, 0.3) is 0 Å².